The van der Waals surface area contributed by atoms with Crippen LogP contribution in [0.15, 0.2) is 39.7 Å². The van der Waals surface area contributed by atoms with Crippen LogP contribution >= 0.6 is 39.3 Å². The summed E-state index contributed by atoms with van der Waals surface area (Å²) in [5, 5.41) is 1.75. The second-order valence-corrected chi connectivity index (χ2v) is 8.67. The molecule has 0 bridgehead atoms. The van der Waals surface area contributed by atoms with E-state index in [9.17, 15) is 18.8 Å². The predicted octanol–water partition coefficient (Wildman–Crippen LogP) is 5.32. The highest BCUT2D eigenvalue weighted by atomic mass is 79.9. The number of halogens is 3. The number of amides is 3. The summed E-state index contributed by atoms with van der Waals surface area (Å²) in [6, 6.07) is 7.07. The number of benzene rings is 2. The highest BCUT2D eigenvalue weighted by Gasteiger charge is 2.36. The van der Waals surface area contributed by atoms with E-state index in [1.807, 2.05) is 6.92 Å². The number of nitrogens with one attached hydrogen (secondary N) is 1. The largest absolute Gasteiger partial charge is 0.492 e. The van der Waals surface area contributed by atoms with Crippen molar-refractivity contribution in [2.45, 2.75) is 6.92 Å². The summed E-state index contributed by atoms with van der Waals surface area (Å²) in [4.78, 5) is 38.3. The molecular weight excluding hydrogens is 527 g/mol. The van der Waals surface area contributed by atoms with Gasteiger partial charge in [0.2, 0.25) is 5.91 Å². The Balaban J connectivity index is 1.76. The number of hydrogen-bond donors (Lipinski definition) is 1. The minimum atomic E-state index is -0.626. The second-order valence-electron chi connectivity index (χ2n) is 6.41. The molecule has 0 radical (unpaired) electrons. The van der Waals surface area contributed by atoms with Crippen LogP contribution in [0.4, 0.5) is 14.9 Å². The summed E-state index contributed by atoms with van der Waals surface area (Å²) in [5.41, 5.74) is 0.854. The molecule has 1 saturated heterocycles. The summed E-state index contributed by atoms with van der Waals surface area (Å²) in [6.45, 7) is 1.75. The maximum absolute atomic E-state index is 13.3. The first-order valence-electron chi connectivity index (χ1n) is 9.24. The third-order valence-electron chi connectivity index (χ3n) is 4.21. The van der Waals surface area contributed by atoms with Crippen molar-refractivity contribution in [3.8, 4) is 11.5 Å². The van der Waals surface area contributed by atoms with Gasteiger partial charge in [0.1, 0.15) is 12.4 Å². The lowest BCUT2D eigenvalue weighted by Crippen LogP contribution is -2.36. The van der Waals surface area contributed by atoms with Crippen molar-refractivity contribution in [1.29, 1.82) is 0 Å². The van der Waals surface area contributed by atoms with Gasteiger partial charge in [-0.05, 0) is 76.6 Å². The van der Waals surface area contributed by atoms with Gasteiger partial charge in [0.25, 0.3) is 11.1 Å². The number of ether oxygens (including phenoxy) is 2. The number of imide groups is 1. The number of carbonyl (C=O) groups excluding carboxylic acids is 3. The first-order valence-corrected chi connectivity index (χ1v) is 11.2. The third-order valence-corrected chi connectivity index (χ3v) is 6.00. The average Bonchev–Trinajstić information content (AvgIpc) is 2.98. The van der Waals surface area contributed by atoms with Gasteiger partial charge in [-0.25, -0.2) is 4.39 Å². The Morgan fingerprint density at radius 1 is 1.31 bits per heavy atom. The van der Waals surface area contributed by atoms with Crippen LogP contribution < -0.4 is 14.8 Å². The Kier molecular flexibility index (Phi) is 7.81. The zero-order valence-electron chi connectivity index (χ0n) is 16.9. The van der Waals surface area contributed by atoms with Crippen molar-refractivity contribution in [2.24, 2.45) is 0 Å². The molecule has 3 rings (SSSR count). The summed E-state index contributed by atoms with van der Waals surface area (Å²) in [6.07, 6.45) is 1.54. The van der Waals surface area contributed by atoms with Crippen molar-refractivity contribution in [3.05, 3.63) is 56.1 Å². The van der Waals surface area contributed by atoms with Crippen LogP contribution in [0.25, 0.3) is 6.08 Å². The van der Waals surface area contributed by atoms with Crippen LogP contribution in [0, 0.1) is 5.82 Å². The van der Waals surface area contributed by atoms with E-state index in [0.29, 0.717) is 28.1 Å². The molecule has 1 heterocycles. The molecule has 2 aromatic carbocycles. The Labute approximate surface area is 201 Å². The van der Waals surface area contributed by atoms with E-state index in [1.165, 1.54) is 25.3 Å². The van der Waals surface area contributed by atoms with Gasteiger partial charge in [-0.1, -0.05) is 11.6 Å². The van der Waals surface area contributed by atoms with Gasteiger partial charge in [-0.2, -0.15) is 0 Å². The highest BCUT2D eigenvalue weighted by Crippen LogP contribution is 2.39. The monoisotopic (exact) mass is 542 g/mol. The lowest BCUT2D eigenvalue weighted by Gasteiger charge is -2.13. The smallest absolute Gasteiger partial charge is 0.294 e. The Morgan fingerprint density at radius 3 is 2.72 bits per heavy atom. The fraction of sp³-hybridized carbons (Fsp3) is 0.190. The van der Waals surface area contributed by atoms with E-state index in [1.54, 1.807) is 12.1 Å². The zero-order valence-corrected chi connectivity index (χ0v) is 20.1. The Bertz CT molecular complexity index is 1130. The van der Waals surface area contributed by atoms with Gasteiger partial charge in [0, 0.05) is 5.69 Å². The topological polar surface area (TPSA) is 84.9 Å². The molecule has 1 aliphatic heterocycles. The lowest BCUT2D eigenvalue weighted by atomic mass is 10.2. The van der Waals surface area contributed by atoms with Crippen LogP contribution in [0.5, 0.6) is 11.5 Å². The van der Waals surface area contributed by atoms with E-state index < -0.39 is 29.4 Å². The standard InChI is InChI=1S/C21H17BrClFN2O5S/c1-3-31-16-7-11(6-13(22)19(16)30-2)8-17-20(28)26(21(29)32-17)10-18(27)25-12-4-5-15(24)14(23)9-12/h4-9H,3,10H2,1-2H3,(H,25,27)/b17-8+. The van der Waals surface area contributed by atoms with Crippen LogP contribution in [-0.2, 0) is 9.59 Å². The summed E-state index contributed by atoms with van der Waals surface area (Å²) < 4.78 is 24.8. The van der Waals surface area contributed by atoms with E-state index >= 15 is 0 Å². The molecule has 0 unspecified atom stereocenters. The summed E-state index contributed by atoms with van der Waals surface area (Å²) >= 11 is 9.82. The Hall–Kier alpha value is -2.56. The van der Waals surface area contributed by atoms with Gasteiger partial charge in [-0.15, -0.1) is 0 Å². The van der Waals surface area contributed by atoms with Gasteiger partial charge >= 0.3 is 0 Å². The number of nitrogens with zero attached hydrogens (tertiary/aromatic N) is 1. The lowest BCUT2D eigenvalue weighted by molar-refractivity contribution is -0.127. The van der Waals surface area contributed by atoms with Gasteiger partial charge in [0.15, 0.2) is 11.5 Å². The average molecular weight is 544 g/mol. The van der Waals surface area contributed by atoms with E-state index in [4.69, 9.17) is 21.1 Å². The van der Waals surface area contributed by atoms with Gasteiger partial charge in [0.05, 0.1) is 28.1 Å². The van der Waals surface area contributed by atoms with Crippen LogP contribution in [0.2, 0.25) is 5.02 Å². The molecule has 0 saturated carbocycles. The molecule has 32 heavy (non-hydrogen) atoms. The molecule has 1 N–H and O–H groups in total. The number of methoxy groups -OCH3 is 1. The first kappa shape index (κ1) is 24.1. The molecular formula is C21H17BrClFN2O5S. The molecule has 0 atom stereocenters. The quantitative estimate of drug-likeness (QED) is 0.476. The van der Waals surface area contributed by atoms with Crippen LogP contribution in [0.3, 0.4) is 0 Å². The molecule has 168 valence electrons. The molecule has 1 aliphatic rings. The molecule has 1 fully saturated rings. The van der Waals surface area contributed by atoms with Gasteiger partial charge in [-0.3, -0.25) is 19.3 Å². The number of hydrogen-bond acceptors (Lipinski definition) is 6. The van der Waals surface area contributed by atoms with E-state index in [-0.39, 0.29) is 15.6 Å². The van der Waals surface area contributed by atoms with Gasteiger partial charge < -0.3 is 14.8 Å². The summed E-state index contributed by atoms with van der Waals surface area (Å²) in [5.74, 6) is -0.862. The molecule has 2 aromatic rings. The molecule has 7 nitrogen and oxygen atoms in total. The molecule has 0 spiro atoms. The normalized spacial score (nSPS) is 14.8. The van der Waals surface area contributed by atoms with Crippen molar-refractivity contribution in [2.75, 3.05) is 25.6 Å². The number of carbonyl (C=O) groups is 3. The number of anilines is 1. The molecule has 11 heteroatoms. The molecule has 0 aromatic heterocycles. The Morgan fingerprint density at radius 2 is 2.06 bits per heavy atom. The van der Waals surface area contributed by atoms with Crippen molar-refractivity contribution < 1.29 is 28.2 Å². The third kappa shape index (κ3) is 5.43. The molecule has 0 aliphatic carbocycles. The predicted molar refractivity (Wildman–Crippen MR) is 125 cm³/mol. The first-order chi connectivity index (χ1) is 15.2. The second kappa shape index (κ2) is 10.4. The van der Waals surface area contributed by atoms with Crippen molar-refractivity contribution in [3.63, 3.8) is 0 Å². The zero-order chi connectivity index (χ0) is 23.4. The van der Waals surface area contributed by atoms with Crippen molar-refractivity contribution in [1.82, 2.24) is 4.90 Å². The van der Waals surface area contributed by atoms with E-state index in [2.05, 4.69) is 21.2 Å². The maximum Gasteiger partial charge on any atom is 0.294 e. The summed E-state index contributed by atoms with van der Waals surface area (Å²) in [7, 11) is 1.51. The number of rotatable bonds is 7. The van der Waals surface area contributed by atoms with Crippen LogP contribution in [0.1, 0.15) is 12.5 Å². The minimum Gasteiger partial charge on any atom is -0.492 e. The molecule has 3 amide bonds. The fourth-order valence-corrected chi connectivity index (χ4v) is 4.48. The number of thioether (sulfide) groups is 1. The SMILES string of the molecule is CCOc1cc(/C=C2/SC(=O)N(CC(=O)Nc3ccc(F)c(Cl)c3)C2=O)cc(Br)c1OC. The van der Waals surface area contributed by atoms with E-state index in [0.717, 1.165) is 22.7 Å². The maximum atomic E-state index is 13.3. The highest BCUT2D eigenvalue weighted by molar-refractivity contribution is 9.10. The van der Waals surface area contributed by atoms with Crippen LogP contribution in [-0.4, -0.2) is 42.2 Å². The fourth-order valence-electron chi connectivity index (χ4n) is 2.84. The minimum absolute atomic E-state index is 0.158. The van der Waals surface area contributed by atoms with Crippen molar-refractivity contribution >= 4 is 68.1 Å².